The minimum atomic E-state index is -0.969. The molecule has 2 fully saturated rings. The highest BCUT2D eigenvalue weighted by Crippen LogP contribution is 2.37. The first-order valence-corrected chi connectivity index (χ1v) is 10.4. The Bertz CT molecular complexity index is 782. The van der Waals surface area contributed by atoms with Crippen molar-refractivity contribution < 1.29 is 28.7 Å². The van der Waals surface area contributed by atoms with Crippen LogP contribution in [0.15, 0.2) is 24.3 Å². The van der Waals surface area contributed by atoms with E-state index in [0.29, 0.717) is 6.54 Å². The number of methoxy groups -OCH3 is 1. The summed E-state index contributed by atoms with van der Waals surface area (Å²) in [7, 11) is 1.58. The molecule has 8 nitrogen and oxygen atoms in total. The zero-order valence-electron chi connectivity index (χ0n) is 17.4. The molecule has 1 saturated carbocycles. The molecule has 3 atom stereocenters. The second-order valence-corrected chi connectivity index (χ2v) is 7.77. The molecule has 162 valence electrons. The smallest absolute Gasteiger partial charge is 0.308 e. The first-order chi connectivity index (χ1) is 14.4. The van der Waals surface area contributed by atoms with Crippen LogP contribution in [-0.2, 0) is 30.5 Å². The number of hydrogen-bond acceptors (Lipinski definition) is 6. The summed E-state index contributed by atoms with van der Waals surface area (Å²) in [6, 6.07) is 7.25. The van der Waals surface area contributed by atoms with Gasteiger partial charge in [0.15, 0.2) is 6.10 Å². The second-order valence-electron chi connectivity index (χ2n) is 7.77. The lowest BCUT2D eigenvalue weighted by molar-refractivity contribution is -0.155. The number of imide groups is 1. The van der Waals surface area contributed by atoms with Gasteiger partial charge in [0, 0.05) is 13.1 Å². The molecule has 1 heterocycles. The molecular weight excluding hydrogens is 388 g/mol. The number of benzene rings is 1. The van der Waals surface area contributed by atoms with Crippen molar-refractivity contribution in [3.8, 4) is 5.75 Å². The molecule has 1 saturated heterocycles. The molecule has 1 N–H and O–H groups in total. The van der Waals surface area contributed by atoms with E-state index < -0.39 is 18.0 Å². The Morgan fingerprint density at radius 1 is 1.10 bits per heavy atom. The molecule has 1 aliphatic heterocycles. The largest absolute Gasteiger partial charge is 0.497 e. The quantitative estimate of drug-likeness (QED) is 0.512. The van der Waals surface area contributed by atoms with Gasteiger partial charge in [-0.2, -0.15) is 0 Å². The van der Waals surface area contributed by atoms with E-state index >= 15 is 0 Å². The van der Waals surface area contributed by atoms with E-state index in [1.807, 2.05) is 12.1 Å². The number of amides is 3. The van der Waals surface area contributed by atoms with Crippen LogP contribution < -0.4 is 10.1 Å². The van der Waals surface area contributed by atoms with Crippen molar-refractivity contribution in [1.82, 2.24) is 10.2 Å². The molecule has 1 aromatic carbocycles. The molecule has 0 aromatic heterocycles. The molecule has 0 bridgehead atoms. The van der Waals surface area contributed by atoms with Gasteiger partial charge in [0.25, 0.3) is 5.91 Å². The number of carbonyl (C=O) groups excluding carboxylic acids is 4. The first-order valence-electron chi connectivity index (χ1n) is 10.4. The molecule has 1 aliphatic carbocycles. The zero-order valence-corrected chi connectivity index (χ0v) is 17.4. The van der Waals surface area contributed by atoms with E-state index in [2.05, 4.69) is 5.32 Å². The normalized spacial score (nSPS) is 21.7. The van der Waals surface area contributed by atoms with Gasteiger partial charge in [-0.05, 0) is 37.5 Å². The number of hydrogen-bond donors (Lipinski definition) is 1. The zero-order chi connectivity index (χ0) is 21.7. The number of fused-ring (bicyclic) bond motifs is 1. The van der Waals surface area contributed by atoms with Gasteiger partial charge in [-0.25, -0.2) is 0 Å². The van der Waals surface area contributed by atoms with Crippen LogP contribution in [0.25, 0.3) is 0 Å². The van der Waals surface area contributed by atoms with E-state index in [9.17, 15) is 19.2 Å². The van der Waals surface area contributed by atoms with E-state index in [4.69, 9.17) is 9.47 Å². The Labute approximate surface area is 175 Å². The van der Waals surface area contributed by atoms with Crippen molar-refractivity contribution in [2.24, 2.45) is 11.8 Å². The highest BCUT2D eigenvalue weighted by atomic mass is 16.5. The summed E-state index contributed by atoms with van der Waals surface area (Å²) in [6.07, 6.45) is 2.30. The standard InChI is InChI=1S/C22H28N2O6/c1-14(20(26)23-13-15-7-9-16(29-2)10-8-15)30-19(25)11-12-24-21(27)17-5-3-4-6-18(17)22(24)28/h7-10,14,17-18H,3-6,11-13H2,1-2H3,(H,23,26)/t14-,17+,18+/m1/s1. The number of nitrogens with one attached hydrogen (secondary N) is 1. The summed E-state index contributed by atoms with van der Waals surface area (Å²) in [4.78, 5) is 50.4. The van der Waals surface area contributed by atoms with Crippen LogP contribution in [0.4, 0.5) is 0 Å². The maximum Gasteiger partial charge on any atom is 0.308 e. The third kappa shape index (κ3) is 4.98. The number of likely N-dealkylation sites (tertiary alicyclic amines) is 1. The monoisotopic (exact) mass is 416 g/mol. The lowest BCUT2D eigenvalue weighted by Crippen LogP contribution is -2.37. The van der Waals surface area contributed by atoms with Crippen LogP contribution >= 0.6 is 0 Å². The lowest BCUT2D eigenvalue weighted by Gasteiger charge is -2.19. The summed E-state index contributed by atoms with van der Waals surface area (Å²) in [5, 5.41) is 2.71. The number of ether oxygens (including phenoxy) is 2. The van der Waals surface area contributed by atoms with Crippen molar-refractivity contribution in [2.75, 3.05) is 13.7 Å². The fraction of sp³-hybridized carbons (Fsp3) is 0.545. The van der Waals surface area contributed by atoms with Crippen LogP contribution in [0.1, 0.15) is 44.6 Å². The third-order valence-electron chi connectivity index (χ3n) is 5.78. The van der Waals surface area contributed by atoms with Gasteiger partial charge < -0.3 is 14.8 Å². The summed E-state index contributed by atoms with van der Waals surface area (Å²) in [5.74, 6) is -1.13. The molecule has 0 unspecified atom stereocenters. The van der Waals surface area contributed by atoms with Crippen LogP contribution in [0.5, 0.6) is 5.75 Å². The van der Waals surface area contributed by atoms with Gasteiger partial charge in [0.2, 0.25) is 11.8 Å². The highest BCUT2D eigenvalue weighted by Gasteiger charge is 2.47. The van der Waals surface area contributed by atoms with E-state index in [0.717, 1.165) is 37.0 Å². The molecule has 0 radical (unpaired) electrons. The fourth-order valence-corrected chi connectivity index (χ4v) is 4.04. The number of nitrogens with zero attached hydrogens (tertiary/aromatic N) is 1. The van der Waals surface area contributed by atoms with Crippen LogP contribution in [-0.4, -0.2) is 48.3 Å². The number of carbonyl (C=O) groups is 4. The molecule has 0 spiro atoms. The van der Waals surface area contributed by atoms with Gasteiger partial charge in [-0.3, -0.25) is 24.1 Å². The molecule has 3 amide bonds. The van der Waals surface area contributed by atoms with Crippen LogP contribution in [0.2, 0.25) is 0 Å². The molecule has 8 heteroatoms. The number of esters is 1. The van der Waals surface area contributed by atoms with E-state index in [-0.39, 0.29) is 36.6 Å². The summed E-state index contributed by atoms with van der Waals surface area (Å²) < 4.78 is 10.3. The molecular formula is C22H28N2O6. The Hall–Kier alpha value is -2.90. The fourth-order valence-electron chi connectivity index (χ4n) is 4.04. The first kappa shape index (κ1) is 21.8. The Balaban J connectivity index is 1.42. The van der Waals surface area contributed by atoms with E-state index in [1.54, 1.807) is 19.2 Å². The van der Waals surface area contributed by atoms with Crippen molar-refractivity contribution >= 4 is 23.7 Å². The van der Waals surface area contributed by atoms with Gasteiger partial charge in [0.05, 0.1) is 25.4 Å². The highest BCUT2D eigenvalue weighted by molar-refractivity contribution is 6.05. The third-order valence-corrected chi connectivity index (χ3v) is 5.78. The molecule has 30 heavy (non-hydrogen) atoms. The topological polar surface area (TPSA) is 102 Å². The maximum absolute atomic E-state index is 12.4. The summed E-state index contributed by atoms with van der Waals surface area (Å²) in [6.45, 7) is 1.79. The van der Waals surface area contributed by atoms with Gasteiger partial charge in [-0.15, -0.1) is 0 Å². The van der Waals surface area contributed by atoms with Crippen molar-refractivity contribution in [1.29, 1.82) is 0 Å². The van der Waals surface area contributed by atoms with Crippen LogP contribution in [0, 0.1) is 11.8 Å². The Morgan fingerprint density at radius 3 is 2.27 bits per heavy atom. The van der Waals surface area contributed by atoms with Gasteiger partial charge in [0.1, 0.15) is 5.75 Å². The number of rotatable bonds is 8. The predicted octanol–water partition coefficient (Wildman–Crippen LogP) is 1.81. The Kier molecular flexibility index (Phi) is 7.07. The van der Waals surface area contributed by atoms with Gasteiger partial charge >= 0.3 is 5.97 Å². The summed E-state index contributed by atoms with van der Waals surface area (Å²) in [5.41, 5.74) is 0.884. The average Bonchev–Trinajstić information content (AvgIpc) is 3.01. The van der Waals surface area contributed by atoms with Crippen molar-refractivity contribution in [3.05, 3.63) is 29.8 Å². The van der Waals surface area contributed by atoms with Gasteiger partial charge in [-0.1, -0.05) is 25.0 Å². The average molecular weight is 416 g/mol. The second kappa shape index (κ2) is 9.73. The SMILES string of the molecule is COc1ccc(CNC(=O)[C@@H](C)OC(=O)CCN2C(=O)[C@H]3CCCC[C@@H]3C2=O)cc1. The van der Waals surface area contributed by atoms with Crippen molar-refractivity contribution in [2.45, 2.75) is 51.7 Å². The minimum absolute atomic E-state index is 0.00366. The molecule has 1 aromatic rings. The van der Waals surface area contributed by atoms with E-state index in [1.165, 1.54) is 11.8 Å². The van der Waals surface area contributed by atoms with Crippen LogP contribution in [0.3, 0.4) is 0 Å². The summed E-state index contributed by atoms with van der Waals surface area (Å²) >= 11 is 0. The molecule has 2 aliphatic rings. The maximum atomic E-state index is 12.4. The Morgan fingerprint density at radius 2 is 1.70 bits per heavy atom. The van der Waals surface area contributed by atoms with Crippen molar-refractivity contribution in [3.63, 3.8) is 0 Å². The lowest BCUT2D eigenvalue weighted by atomic mass is 9.81. The predicted molar refractivity (Wildman–Crippen MR) is 107 cm³/mol. The molecule has 3 rings (SSSR count). The minimum Gasteiger partial charge on any atom is -0.497 e.